The minimum absolute atomic E-state index is 0.127. The number of rotatable bonds is 5. The van der Waals surface area contributed by atoms with E-state index in [1.54, 1.807) is 0 Å². The lowest BCUT2D eigenvalue weighted by Gasteiger charge is -2.11. The van der Waals surface area contributed by atoms with Gasteiger partial charge in [-0.3, -0.25) is 0 Å². The number of nitroso groups, excluding NO2 is 1. The second kappa shape index (κ2) is 3.81. The summed E-state index contributed by atoms with van der Waals surface area (Å²) in [7, 11) is 0. The molecule has 0 aromatic heterocycles. The first-order chi connectivity index (χ1) is 5.64. The molecule has 1 N–H and O–H groups in total. The van der Waals surface area contributed by atoms with Gasteiger partial charge in [-0.1, -0.05) is 5.18 Å². The summed E-state index contributed by atoms with van der Waals surface area (Å²) in [6, 6.07) is -0.523. The molecule has 0 saturated heterocycles. The van der Waals surface area contributed by atoms with Crippen LogP contribution in [-0.2, 0) is 11.1 Å². The van der Waals surface area contributed by atoms with Gasteiger partial charge in [0.2, 0.25) is 0 Å². The van der Waals surface area contributed by atoms with Crippen LogP contribution in [0.1, 0.15) is 19.3 Å². The summed E-state index contributed by atoms with van der Waals surface area (Å²) in [5.74, 6) is 0.127. The second-order valence-electron chi connectivity index (χ2n) is 3.05. The maximum absolute atomic E-state index is 10.8. The topological polar surface area (TPSA) is 66.7 Å². The summed E-state index contributed by atoms with van der Waals surface area (Å²) in [6.45, 7) is 0. The Morgan fingerprint density at radius 3 is 2.50 bits per heavy atom. The van der Waals surface area contributed by atoms with Gasteiger partial charge < -0.3 is 4.55 Å². The van der Waals surface area contributed by atoms with Crippen molar-refractivity contribution in [3.63, 3.8) is 0 Å². The summed E-state index contributed by atoms with van der Waals surface area (Å²) in [5.41, 5.74) is 0. The molecule has 0 heterocycles. The predicted octanol–water partition coefficient (Wildman–Crippen LogP) is 1.50. The largest absolute Gasteiger partial charge is 0.306 e. The Morgan fingerprint density at radius 1 is 1.67 bits per heavy atom. The fourth-order valence-corrected chi connectivity index (χ4v) is 2.09. The normalized spacial score (nSPS) is 24.5. The summed E-state index contributed by atoms with van der Waals surface area (Å²) >= 11 is 3.59. The average Bonchev–Trinajstić information content (AvgIpc) is 2.81. The van der Waals surface area contributed by atoms with Crippen LogP contribution in [0.15, 0.2) is 5.18 Å². The van der Waals surface area contributed by atoms with Gasteiger partial charge in [0.15, 0.2) is 11.1 Å². The van der Waals surface area contributed by atoms with Gasteiger partial charge in [0.05, 0.1) is 4.75 Å². The molecular formula is C6H10ClNO3S. The fraction of sp³-hybridized carbons (Fsp3) is 1.00. The molecule has 1 fully saturated rings. The number of hydrogen-bond acceptors (Lipinski definition) is 3. The van der Waals surface area contributed by atoms with Gasteiger partial charge in [-0.2, -0.15) is 4.91 Å². The fourth-order valence-electron chi connectivity index (χ4n) is 1.14. The first-order valence-electron chi connectivity index (χ1n) is 3.64. The maximum atomic E-state index is 10.8. The van der Waals surface area contributed by atoms with Gasteiger partial charge in [-0.15, -0.1) is 11.6 Å². The van der Waals surface area contributed by atoms with Crippen molar-refractivity contribution in [3.8, 4) is 0 Å². The first-order valence-corrected chi connectivity index (χ1v) is 5.28. The lowest BCUT2D eigenvalue weighted by atomic mass is 10.2. The van der Waals surface area contributed by atoms with Crippen LogP contribution in [0.2, 0.25) is 0 Å². The van der Waals surface area contributed by atoms with E-state index in [0.717, 1.165) is 0 Å². The SMILES string of the molecule is O=NC(CCl)CC1(S(=O)O)CC1. The number of hydrogen-bond donors (Lipinski definition) is 1. The molecule has 2 unspecified atom stereocenters. The van der Waals surface area contributed by atoms with E-state index in [1.165, 1.54) is 0 Å². The molecule has 0 amide bonds. The van der Waals surface area contributed by atoms with E-state index in [4.69, 9.17) is 16.2 Å². The maximum Gasteiger partial charge on any atom is 0.159 e. The Balaban J connectivity index is 2.49. The van der Waals surface area contributed by atoms with E-state index in [-0.39, 0.29) is 5.88 Å². The highest BCUT2D eigenvalue weighted by atomic mass is 35.5. The Labute approximate surface area is 77.9 Å². The van der Waals surface area contributed by atoms with E-state index >= 15 is 0 Å². The van der Waals surface area contributed by atoms with Gasteiger partial charge in [-0.25, -0.2) is 4.21 Å². The van der Waals surface area contributed by atoms with Crippen LogP contribution in [0.4, 0.5) is 0 Å². The van der Waals surface area contributed by atoms with Gasteiger partial charge in [0, 0.05) is 5.88 Å². The molecular weight excluding hydrogens is 202 g/mol. The standard InChI is InChI=1S/C6H10ClNO3S/c7-4-5(8-9)3-6(1-2-6)12(10)11/h5H,1-4H2,(H,10,11). The van der Waals surface area contributed by atoms with Crippen LogP contribution in [0.25, 0.3) is 0 Å². The zero-order valence-electron chi connectivity index (χ0n) is 6.40. The predicted molar refractivity (Wildman–Crippen MR) is 47.7 cm³/mol. The lowest BCUT2D eigenvalue weighted by molar-refractivity contribution is 0.523. The molecule has 0 radical (unpaired) electrons. The Hall–Kier alpha value is -0.0000000000000000763. The van der Waals surface area contributed by atoms with Gasteiger partial charge in [0.25, 0.3) is 0 Å². The third-order valence-corrected chi connectivity index (χ3v) is 3.78. The van der Waals surface area contributed by atoms with Gasteiger partial charge in [-0.05, 0) is 19.3 Å². The van der Waals surface area contributed by atoms with Crippen molar-refractivity contribution < 1.29 is 8.76 Å². The zero-order chi connectivity index (χ0) is 9.19. The Kier molecular flexibility index (Phi) is 3.20. The molecule has 1 saturated carbocycles. The molecule has 6 heteroatoms. The van der Waals surface area contributed by atoms with Crippen LogP contribution in [0.3, 0.4) is 0 Å². The third kappa shape index (κ3) is 2.02. The van der Waals surface area contributed by atoms with Crippen molar-refractivity contribution in [2.24, 2.45) is 5.18 Å². The van der Waals surface area contributed by atoms with Crippen LogP contribution in [0.5, 0.6) is 0 Å². The molecule has 0 spiro atoms. The Bertz CT molecular complexity index is 207. The van der Waals surface area contributed by atoms with Crippen molar-refractivity contribution in [2.45, 2.75) is 30.1 Å². The first kappa shape index (κ1) is 10.1. The van der Waals surface area contributed by atoms with E-state index in [1.807, 2.05) is 0 Å². The summed E-state index contributed by atoms with van der Waals surface area (Å²) < 4.78 is 19.1. The smallest absolute Gasteiger partial charge is 0.159 e. The molecule has 1 aliphatic carbocycles. The molecule has 1 rings (SSSR count). The van der Waals surface area contributed by atoms with Crippen LogP contribution in [-0.4, -0.2) is 25.4 Å². The monoisotopic (exact) mass is 211 g/mol. The van der Waals surface area contributed by atoms with Crippen molar-refractivity contribution in [1.82, 2.24) is 0 Å². The molecule has 1 aliphatic rings. The molecule has 0 bridgehead atoms. The van der Waals surface area contributed by atoms with E-state index in [2.05, 4.69) is 5.18 Å². The molecule has 0 aromatic carbocycles. The summed E-state index contributed by atoms with van der Waals surface area (Å²) in [4.78, 5) is 10.1. The average molecular weight is 212 g/mol. The summed E-state index contributed by atoms with van der Waals surface area (Å²) in [5, 5.41) is 2.79. The minimum atomic E-state index is -1.85. The highest BCUT2D eigenvalue weighted by molar-refractivity contribution is 7.81. The number of halogens is 1. The molecule has 4 nitrogen and oxygen atoms in total. The van der Waals surface area contributed by atoms with Crippen molar-refractivity contribution >= 4 is 22.7 Å². The van der Waals surface area contributed by atoms with Crippen molar-refractivity contribution in [1.29, 1.82) is 0 Å². The van der Waals surface area contributed by atoms with Crippen LogP contribution in [0, 0.1) is 4.91 Å². The third-order valence-electron chi connectivity index (χ3n) is 2.11. The van der Waals surface area contributed by atoms with Crippen LogP contribution < -0.4 is 0 Å². The number of alkyl halides is 1. The molecule has 2 atom stereocenters. The highest BCUT2D eigenvalue weighted by Gasteiger charge is 2.50. The zero-order valence-corrected chi connectivity index (χ0v) is 7.98. The summed E-state index contributed by atoms with van der Waals surface area (Å²) in [6.07, 6.45) is 1.72. The van der Waals surface area contributed by atoms with Crippen molar-refractivity contribution in [2.75, 3.05) is 5.88 Å². The van der Waals surface area contributed by atoms with E-state index < -0.39 is 21.9 Å². The molecule has 70 valence electrons. The van der Waals surface area contributed by atoms with E-state index in [9.17, 15) is 9.12 Å². The second-order valence-corrected chi connectivity index (χ2v) is 4.72. The number of nitrogens with zero attached hydrogens (tertiary/aromatic N) is 1. The van der Waals surface area contributed by atoms with Crippen LogP contribution >= 0.6 is 11.6 Å². The van der Waals surface area contributed by atoms with E-state index in [0.29, 0.717) is 19.3 Å². The van der Waals surface area contributed by atoms with Gasteiger partial charge >= 0.3 is 0 Å². The molecule has 0 aliphatic heterocycles. The lowest BCUT2D eigenvalue weighted by Crippen LogP contribution is -2.23. The minimum Gasteiger partial charge on any atom is -0.306 e. The van der Waals surface area contributed by atoms with Crippen molar-refractivity contribution in [3.05, 3.63) is 4.91 Å². The molecule has 12 heavy (non-hydrogen) atoms. The quantitative estimate of drug-likeness (QED) is 0.426. The Morgan fingerprint density at radius 2 is 2.25 bits per heavy atom. The molecule has 0 aromatic rings. The van der Waals surface area contributed by atoms with Gasteiger partial charge in [0.1, 0.15) is 6.04 Å². The highest BCUT2D eigenvalue weighted by Crippen LogP contribution is 2.45.